The van der Waals surface area contributed by atoms with Crippen LogP contribution >= 0.6 is 0 Å². The Morgan fingerprint density at radius 1 is 1.70 bits per heavy atom. The van der Waals surface area contributed by atoms with Crippen molar-refractivity contribution in [2.45, 2.75) is 20.0 Å². The number of nitrogens with one attached hydrogen (secondary N) is 2. The molecule has 0 spiro atoms. The summed E-state index contributed by atoms with van der Waals surface area (Å²) in [4.78, 5) is 0. The summed E-state index contributed by atoms with van der Waals surface area (Å²) in [5.74, 6) is 0. The summed E-state index contributed by atoms with van der Waals surface area (Å²) in [6.07, 6.45) is 1.78. The molecule has 4 heteroatoms. The first-order valence-corrected chi connectivity index (χ1v) is 3.29. The van der Waals surface area contributed by atoms with Crippen molar-refractivity contribution in [2.24, 2.45) is 11.5 Å². The molecule has 0 aromatic rings. The van der Waals surface area contributed by atoms with E-state index in [0.717, 1.165) is 5.70 Å². The van der Waals surface area contributed by atoms with E-state index >= 15 is 0 Å². The first-order valence-electron chi connectivity index (χ1n) is 3.29. The van der Waals surface area contributed by atoms with E-state index in [9.17, 15) is 0 Å². The minimum Gasteiger partial charge on any atom is -0.375 e. The zero-order valence-electron chi connectivity index (χ0n) is 6.52. The highest BCUT2D eigenvalue weighted by atomic mass is 15.0. The molecule has 0 aliphatic rings. The molecule has 6 N–H and O–H groups in total. The minimum absolute atomic E-state index is 0.0190. The third kappa shape index (κ3) is 5.40. The van der Waals surface area contributed by atoms with Gasteiger partial charge in [-0.3, -0.25) is 0 Å². The number of allylic oxidation sites excluding steroid dienone is 1. The second kappa shape index (κ2) is 5.08. The van der Waals surface area contributed by atoms with Crippen LogP contribution in [-0.4, -0.2) is 12.8 Å². The van der Waals surface area contributed by atoms with Crippen molar-refractivity contribution in [2.75, 3.05) is 6.67 Å². The molecule has 0 aromatic carbocycles. The molecule has 0 bridgehead atoms. The van der Waals surface area contributed by atoms with Crippen molar-refractivity contribution in [1.29, 1.82) is 0 Å². The van der Waals surface area contributed by atoms with Gasteiger partial charge in [0.2, 0.25) is 0 Å². The van der Waals surface area contributed by atoms with Crippen molar-refractivity contribution >= 4 is 0 Å². The standard InChI is InChI=1S/C6H16N4/c1-5(10-4-7)3-9-6(2)8/h3,6,9-10H,4,7-8H2,1-2H3/b5-3+. The molecule has 0 aliphatic carbocycles. The van der Waals surface area contributed by atoms with Crippen LogP contribution in [0.3, 0.4) is 0 Å². The number of nitrogens with two attached hydrogens (primary N) is 2. The smallest absolute Gasteiger partial charge is 0.0709 e. The first-order chi connectivity index (χ1) is 4.66. The maximum Gasteiger partial charge on any atom is 0.0709 e. The Morgan fingerprint density at radius 2 is 2.30 bits per heavy atom. The molecule has 0 saturated carbocycles. The molecular formula is C6H16N4. The zero-order chi connectivity index (χ0) is 7.98. The number of rotatable bonds is 4. The normalized spacial score (nSPS) is 14.6. The van der Waals surface area contributed by atoms with Gasteiger partial charge in [-0.15, -0.1) is 0 Å². The minimum atomic E-state index is -0.0190. The summed E-state index contributed by atoms with van der Waals surface area (Å²) in [6.45, 7) is 4.23. The van der Waals surface area contributed by atoms with Gasteiger partial charge in [-0.25, -0.2) is 0 Å². The van der Waals surface area contributed by atoms with Crippen LogP contribution in [0.2, 0.25) is 0 Å². The van der Waals surface area contributed by atoms with Gasteiger partial charge in [0.25, 0.3) is 0 Å². The molecule has 0 rings (SSSR count). The Kier molecular flexibility index (Phi) is 4.70. The van der Waals surface area contributed by atoms with Gasteiger partial charge in [0.15, 0.2) is 0 Å². The molecule has 1 atom stereocenters. The van der Waals surface area contributed by atoms with E-state index in [2.05, 4.69) is 10.6 Å². The number of hydrogen-bond donors (Lipinski definition) is 4. The van der Waals surface area contributed by atoms with Crippen LogP contribution in [0, 0.1) is 0 Å². The van der Waals surface area contributed by atoms with Gasteiger partial charge in [0.1, 0.15) is 0 Å². The predicted octanol–water partition coefficient (Wildman–Crippen LogP) is -0.752. The lowest BCUT2D eigenvalue weighted by Gasteiger charge is -2.07. The topological polar surface area (TPSA) is 76.1 Å². The van der Waals surface area contributed by atoms with Crippen molar-refractivity contribution in [3.8, 4) is 0 Å². The van der Waals surface area contributed by atoms with Crippen molar-refractivity contribution < 1.29 is 0 Å². The Labute approximate surface area is 61.7 Å². The highest BCUT2D eigenvalue weighted by Gasteiger charge is 1.86. The fourth-order valence-electron chi connectivity index (χ4n) is 0.468. The fraction of sp³-hybridized carbons (Fsp3) is 0.667. The third-order valence-corrected chi connectivity index (χ3v) is 0.944. The Balaban J connectivity index is 3.47. The summed E-state index contributed by atoms with van der Waals surface area (Å²) in [7, 11) is 0. The van der Waals surface area contributed by atoms with E-state index in [1.807, 2.05) is 13.8 Å². The van der Waals surface area contributed by atoms with Crippen LogP contribution < -0.4 is 22.1 Å². The van der Waals surface area contributed by atoms with E-state index in [1.54, 1.807) is 6.20 Å². The Bertz CT molecular complexity index is 108. The molecule has 0 aromatic heterocycles. The Morgan fingerprint density at radius 3 is 2.70 bits per heavy atom. The molecule has 0 saturated heterocycles. The average Bonchev–Trinajstić information content (AvgIpc) is 1.85. The van der Waals surface area contributed by atoms with Crippen LogP contribution in [0.25, 0.3) is 0 Å². The molecule has 10 heavy (non-hydrogen) atoms. The predicted molar refractivity (Wildman–Crippen MR) is 42.7 cm³/mol. The lowest BCUT2D eigenvalue weighted by molar-refractivity contribution is 0.658. The molecule has 0 radical (unpaired) electrons. The van der Waals surface area contributed by atoms with E-state index in [4.69, 9.17) is 11.5 Å². The molecular weight excluding hydrogens is 128 g/mol. The van der Waals surface area contributed by atoms with Crippen LogP contribution in [0.1, 0.15) is 13.8 Å². The molecule has 0 amide bonds. The van der Waals surface area contributed by atoms with Crippen molar-refractivity contribution in [3.05, 3.63) is 11.9 Å². The van der Waals surface area contributed by atoms with Gasteiger partial charge >= 0.3 is 0 Å². The van der Waals surface area contributed by atoms with Crippen LogP contribution in [-0.2, 0) is 0 Å². The molecule has 4 nitrogen and oxygen atoms in total. The monoisotopic (exact) mass is 144 g/mol. The third-order valence-electron chi connectivity index (χ3n) is 0.944. The van der Waals surface area contributed by atoms with E-state index < -0.39 is 0 Å². The van der Waals surface area contributed by atoms with Crippen LogP contribution in [0.15, 0.2) is 11.9 Å². The largest absolute Gasteiger partial charge is 0.375 e. The van der Waals surface area contributed by atoms with Gasteiger partial charge < -0.3 is 22.1 Å². The second-order valence-corrected chi connectivity index (χ2v) is 2.16. The molecule has 60 valence electrons. The highest BCUT2D eigenvalue weighted by Crippen LogP contribution is 1.80. The maximum atomic E-state index is 5.42. The second-order valence-electron chi connectivity index (χ2n) is 2.16. The van der Waals surface area contributed by atoms with Gasteiger partial charge in [0.05, 0.1) is 12.8 Å². The zero-order valence-corrected chi connectivity index (χ0v) is 6.52. The number of hydrogen-bond acceptors (Lipinski definition) is 4. The molecule has 0 fully saturated rings. The fourth-order valence-corrected chi connectivity index (χ4v) is 0.468. The van der Waals surface area contributed by atoms with Crippen molar-refractivity contribution in [1.82, 2.24) is 10.6 Å². The molecule has 1 unspecified atom stereocenters. The van der Waals surface area contributed by atoms with Gasteiger partial charge in [-0.1, -0.05) is 0 Å². The van der Waals surface area contributed by atoms with Crippen LogP contribution in [0.4, 0.5) is 0 Å². The highest BCUT2D eigenvalue weighted by molar-refractivity contribution is 4.93. The summed E-state index contributed by atoms with van der Waals surface area (Å²) < 4.78 is 0. The lowest BCUT2D eigenvalue weighted by Crippen LogP contribution is -2.31. The quantitative estimate of drug-likeness (QED) is 0.391. The van der Waals surface area contributed by atoms with Gasteiger partial charge in [-0.05, 0) is 13.8 Å². The van der Waals surface area contributed by atoms with Gasteiger partial charge in [-0.2, -0.15) is 0 Å². The Hall–Kier alpha value is -0.740. The molecule has 0 aliphatic heterocycles. The summed E-state index contributed by atoms with van der Waals surface area (Å²) in [6, 6.07) is 0. The first kappa shape index (κ1) is 9.26. The summed E-state index contributed by atoms with van der Waals surface area (Å²) >= 11 is 0. The van der Waals surface area contributed by atoms with E-state index in [-0.39, 0.29) is 6.17 Å². The summed E-state index contributed by atoms with van der Waals surface area (Å²) in [5, 5.41) is 5.85. The van der Waals surface area contributed by atoms with E-state index in [1.165, 1.54) is 0 Å². The maximum absolute atomic E-state index is 5.42. The van der Waals surface area contributed by atoms with E-state index in [0.29, 0.717) is 6.67 Å². The van der Waals surface area contributed by atoms with Crippen LogP contribution in [0.5, 0.6) is 0 Å². The average molecular weight is 144 g/mol. The lowest BCUT2D eigenvalue weighted by atomic mass is 10.5. The summed E-state index contributed by atoms with van der Waals surface area (Å²) in [5.41, 5.74) is 11.6. The van der Waals surface area contributed by atoms with Crippen molar-refractivity contribution in [3.63, 3.8) is 0 Å². The molecule has 0 heterocycles. The SMILES string of the molecule is C/C(=C\NC(C)N)NCN. The van der Waals surface area contributed by atoms with Gasteiger partial charge in [0, 0.05) is 11.9 Å².